The molecular weight excluding hydrogens is 364 g/mol. The average molecular weight is 405 g/mol. The van der Waals surface area contributed by atoms with E-state index in [1.807, 2.05) is 6.08 Å². The van der Waals surface area contributed by atoms with E-state index in [1.165, 1.54) is 11.1 Å². The minimum atomic E-state index is -0.732. The summed E-state index contributed by atoms with van der Waals surface area (Å²) in [7, 11) is 0. The standard InChI is InChI=1S/C25H40O4/c1-17(2)7-6-8-18(3)13-21(26)11-12-22-23-15-19(9-4-5-10-25(28)29)14-20(23)16-24(22)27/h7,9,11-12,18,20-24,26-27H,4-6,8,10,13-16H2,1-3H3,(H,28,29)/t18-,20+,21-,22+,23+,24-/m1/s1. The second-order valence-electron chi connectivity index (χ2n) is 9.51. The molecule has 4 nitrogen and oxygen atoms in total. The number of aliphatic carboxylic acids is 1. The number of hydrogen-bond acceptors (Lipinski definition) is 3. The number of allylic oxidation sites excluding steroid dienone is 4. The summed E-state index contributed by atoms with van der Waals surface area (Å²) in [6.45, 7) is 6.42. The van der Waals surface area contributed by atoms with Crippen molar-refractivity contribution in [3.63, 3.8) is 0 Å². The van der Waals surface area contributed by atoms with Crippen molar-refractivity contribution >= 4 is 5.97 Å². The Morgan fingerprint density at radius 2 is 2.00 bits per heavy atom. The molecule has 2 fully saturated rings. The molecule has 4 heteroatoms. The highest BCUT2D eigenvalue weighted by Gasteiger charge is 2.44. The van der Waals surface area contributed by atoms with Gasteiger partial charge < -0.3 is 15.3 Å². The van der Waals surface area contributed by atoms with Gasteiger partial charge in [-0.05, 0) is 83.0 Å². The van der Waals surface area contributed by atoms with Crippen LogP contribution in [0.5, 0.6) is 0 Å². The lowest BCUT2D eigenvalue weighted by atomic mass is 9.89. The van der Waals surface area contributed by atoms with Gasteiger partial charge in [0.05, 0.1) is 12.2 Å². The van der Waals surface area contributed by atoms with Crippen molar-refractivity contribution in [2.24, 2.45) is 23.7 Å². The van der Waals surface area contributed by atoms with Crippen molar-refractivity contribution in [1.29, 1.82) is 0 Å². The summed E-state index contributed by atoms with van der Waals surface area (Å²) in [5.41, 5.74) is 2.76. The molecule has 0 radical (unpaired) electrons. The molecule has 164 valence electrons. The van der Waals surface area contributed by atoms with Crippen molar-refractivity contribution < 1.29 is 20.1 Å². The number of unbranched alkanes of at least 4 members (excludes halogenated alkanes) is 1. The van der Waals surface area contributed by atoms with E-state index in [1.54, 1.807) is 0 Å². The Hall–Kier alpha value is -1.39. The van der Waals surface area contributed by atoms with Gasteiger partial charge in [0.2, 0.25) is 0 Å². The van der Waals surface area contributed by atoms with Crippen LogP contribution in [0.15, 0.2) is 35.5 Å². The Kier molecular flexibility index (Phi) is 9.64. The normalized spacial score (nSPS) is 29.9. The first-order valence-corrected chi connectivity index (χ1v) is 11.3. The summed E-state index contributed by atoms with van der Waals surface area (Å²) in [6.07, 6.45) is 15.2. The van der Waals surface area contributed by atoms with E-state index < -0.39 is 12.1 Å². The van der Waals surface area contributed by atoms with E-state index in [2.05, 4.69) is 39.0 Å². The smallest absolute Gasteiger partial charge is 0.303 e. The fourth-order valence-corrected chi connectivity index (χ4v) is 5.02. The van der Waals surface area contributed by atoms with Gasteiger partial charge >= 0.3 is 5.97 Å². The maximum atomic E-state index is 10.6. The first-order chi connectivity index (χ1) is 13.8. The third-order valence-corrected chi connectivity index (χ3v) is 6.55. The highest BCUT2D eigenvalue weighted by molar-refractivity contribution is 5.66. The van der Waals surface area contributed by atoms with Crippen molar-refractivity contribution in [1.82, 2.24) is 0 Å². The minimum absolute atomic E-state index is 0.126. The molecule has 0 unspecified atom stereocenters. The molecule has 29 heavy (non-hydrogen) atoms. The van der Waals surface area contributed by atoms with Crippen LogP contribution in [0.1, 0.15) is 78.6 Å². The van der Waals surface area contributed by atoms with Gasteiger partial charge in [0.25, 0.3) is 0 Å². The molecule has 2 aliphatic rings. The molecule has 2 saturated carbocycles. The lowest BCUT2D eigenvalue weighted by Gasteiger charge is -2.18. The van der Waals surface area contributed by atoms with Gasteiger partial charge in [-0.25, -0.2) is 0 Å². The molecule has 0 aliphatic heterocycles. The number of aliphatic hydroxyl groups is 2. The van der Waals surface area contributed by atoms with Gasteiger partial charge in [-0.3, -0.25) is 4.79 Å². The Bertz CT molecular complexity index is 614. The average Bonchev–Trinajstić information content (AvgIpc) is 3.13. The molecule has 3 N–H and O–H groups in total. The molecular formula is C25H40O4. The molecule has 6 atom stereocenters. The zero-order valence-electron chi connectivity index (χ0n) is 18.4. The van der Waals surface area contributed by atoms with E-state index in [4.69, 9.17) is 5.11 Å². The molecule has 2 aliphatic carbocycles. The number of carboxylic acid groups (broad SMARTS) is 1. The van der Waals surface area contributed by atoms with Crippen LogP contribution in [0.2, 0.25) is 0 Å². The van der Waals surface area contributed by atoms with Crippen LogP contribution in [-0.4, -0.2) is 33.5 Å². The summed E-state index contributed by atoms with van der Waals surface area (Å²) in [5.74, 6) is 0.837. The molecule has 0 aromatic carbocycles. The van der Waals surface area contributed by atoms with Gasteiger partial charge in [-0.2, -0.15) is 0 Å². The molecule has 0 bridgehead atoms. The van der Waals surface area contributed by atoms with Gasteiger partial charge in [-0.15, -0.1) is 0 Å². The van der Waals surface area contributed by atoms with Gasteiger partial charge in [0.1, 0.15) is 0 Å². The Morgan fingerprint density at radius 3 is 2.69 bits per heavy atom. The van der Waals surface area contributed by atoms with Crippen LogP contribution in [0.4, 0.5) is 0 Å². The minimum Gasteiger partial charge on any atom is -0.481 e. The zero-order chi connectivity index (χ0) is 21.4. The van der Waals surface area contributed by atoms with Crippen LogP contribution in [0.3, 0.4) is 0 Å². The molecule has 0 amide bonds. The van der Waals surface area contributed by atoms with Crippen LogP contribution in [0.25, 0.3) is 0 Å². The number of carbonyl (C=O) groups is 1. The quantitative estimate of drug-likeness (QED) is 0.324. The number of fused-ring (bicyclic) bond motifs is 1. The molecule has 0 spiro atoms. The van der Waals surface area contributed by atoms with Crippen LogP contribution < -0.4 is 0 Å². The Labute approximate surface area is 176 Å². The summed E-state index contributed by atoms with van der Waals surface area (Å²) >= 11 is 0. The molecule has 0 aromatic rings. The van der Waals surface area contributed by atoms with Crippen molar-refractivity contribution in [3.05, 3.63) is 35.5 Å². The van der Waals surface area contributed by atoms with E-state index in [0.29, 0.717) is 24.2 Å². The Balaban J connectivity index is 1.81. The fraction of sp³-hybridized carbons (Fsp3) is 0.720. The number of rotatable bonds is 11. The van der Waals surface area contributed by atoms with Gasteiger partial charge in [0.15, 0.2) is 0 Å². The van der Waals surface area contributed by atoms with E-state index in [-0.39, 0.29) is 18.4 Å². The summed E-state index contributed by atoms with van der Waals surface area (Å²) in [5, 5.41) is 29.7. The first kappa shape index (κ1) is 23.9. The SMILES string of the molecule is CC(C)=CCC[C@@H](C)C[C@H](O)C=C[C@H]1[C@H]2CC(=CCCCC(=O)O)C[C@H]2C[C@H]1O. The predicted octanol–water partition coefficient (Wildman–Crippen LogP) is 5.26. The molecule has 0 aromatic heterocycles. The fourth-order valence-electron chi connectivity index (χ4n) is 5.02. The second-order valence-corrected chi connectivity index (χ2v) is 9.51. The van der Waals surface area contributed by atoms with Gasteiger partial charge in [-0.1, -0.05) is 42.4 Å². The summed E-state index contributed by atoms with van der Waals surface area (Å²) in [6, 6.07) is 0. The van der Waals surface area contributed by atoms with Crippen molar-refractivity contribution in [2.75, 3.05) is 0 Å². The van der Waals surface area contributed by atoms with Crippen LogP contribution >= 0.6 is 0 Å². The maximum absolute atomic E-state index is 10.6. The lowest BCUT2D eigenvalue weighted by molar-refractivity contribution is -0.137. The molecule has 2 rings (SSSR count). The zero-order valence-corrected chi connectivity index (χ0v) is 18.4. The monoisotopic (exact) mass is 404 g/mol. The highest BCUT2D eigenvalue weighted by Crippen LogP contribution is 2.50. The van der Waals surface area contributed by atoms with E-state index in [9.17, 15) is 15.0 Å². The third kappa shape index (κ3) is 8.10. The third-order valence-electron chi connectivity index (χ3n) is 6.55. The van der Waals surface area contributed by atoms with Crippen molar-refractivity contribution in [2.45, 2.75) is 90.8 Å². The number of aliphatic hydroxyl groups excluding tert-OH is 2. The van der Waals surface area contributed by atoms with Crippen molar-refractivity contribution in [3.8, 4) is 0 Å². The van der Waals surface area contributed by atoms with Crippen LogP contribution in [-0.2, 0) is 4.79 Å². The molecule has 0 saturated heterocycles. The number of carboxylic acids is 1. The predicted molar refractivity (Wildman–Crippen MR) is 117 cm³/mol. The maximum Gasteiger partial charge on any atom is 0.303 e. The Morgan fingerprint density at radius 1 is 1.24 bits per heavy atom. The van der Waals surface area contributed by atoms with E-state index in [0.717, 1.165) is 44.9 Å². The van der Waals surface area contributed by atoms with Crippen LogP contribution in [0, 0.1) is 23.7 Å². The van der Waals surface area contributed by atoms with Gasteiger partial charge in [0, 0.05) is 12.3 Å². The second kappa shape index (κ2) is 11.7. The molecule has 0 heterocycles. The van der Waals surface area contributed by atoms with E-state index >= 15 is 0 Å². The summed E-state index contributed by atoms with van der Waals surface area (Å²) < 4.78 is 0. The topological polar surface area (TPSA) is 77.8 Å². The lowest BCUT2D eigenvalue weighted by Crippen LogP contribution is -2.18. The number of hydrogen-bond donors (Lipinski definition) is 3. The first-order valence-electron chi connectivity index (χ1n) is 11.3. The largest absolute Gasteiger partial charge is 0.481 e. The highest BCUT2D eigenvalue weighted by atomic mass is 16.4. The summed E-state index contributed by atoms with van der Waals surface area (Å²) in [4.78, 5) is 10.6.